The number of amides is 1. The van der Waals surface area contributed by atoms with Gasteiger partial charge in [-0.3, -0.25) is 9.78 Å². The number of ether oxygens (including phenoxy) is 1. The lowest BCUT2D eigenvalue weighted by Crippen LogP contribution is -2.35. The minimum absolute atomic E-state index is 0.0863. The summed E-state index contributed by atoms with van der Waals surface area (Å²) in [7, 11) is -3.54. The van der Waals surface area contributed by atoms with Gasteiger partial charge in [-0.25, -0.2) is 13.2 Å². The van der Waals surface area contributed by atoms with Crippen molar-refractivity contribution in [1.82, 2.24) is 14.6 Å². The third kappa shape index (κ3) is 6.17. The van der Waals surface area contributed by atoms with Gasteiger partial charge in [-0.1, -0.05) is 0 Å². The predicted octanol–water partition coefficient (Wildman–Crippen LogP) is 1.27. The molecular weight excluding hydrogens is 455 g/mol. The van der Waals surface area contributed by atoms with Gasteiger partial charge < -0.3 is 15.2 Å². The van der Waals surface area contributed by atoms with E-state index >= 15 is 0 Å². The molecule has 1 saturated carbocycles. The molecule has 0 bridgehead atoms. The maximum Gasteiger partial charge on any atom is 0.490 e. The Morgan fingerprint density at radius 1 is 1.28 bits per heavy atom. The molecule has 4 rings (SSSR count). The Kier molecular flexibility index (Phi) is 7.40. The molecule has 13 heteroatoms. The summed E-state index contributed by atoms with van der Waals surface area (Å²) in [5, 5.41) is 10.1. The molecule has 1 aromatic rings. The van der Waals surface area contributed by atoms with E-state index in [1.807, 2.05) is 0 Å². The Morgan fingerprint density at radius 3 is 2.53 bits per heavy atom. The molecule has 3 atom stereocenters. The van der Waals surface area contributed by atoms with Crippen molar-refractivity contribution in [3.05, 3.63) is 24.5 Å². The van der Waals surface area contributed by atoms with Crippen LogP contribution in [0.4, 0.5) is 13.2 Å². The number of carbonyl (C=O) groups excluding carboxylic acids is 1. The number of pyridine rings is 1. The second kappa shape index (κ2) is 9.71. The van der Waals surface area contributed by atoms with E-state index in [2.05, 4.69) is 10.3 Å². The molecule has 2 saturated heterocycles. The van der Waals surface area contributed by atoms with Gasteiger partial charge >= 0.3 is 12.1 Å². The fraction of sp³-hybridized carbons (Fsp3) is 0.632. The fourth-order valence-electron chi connectivity index (χ4n) is 3.72. The number of aromatic nitrogens is 1. The van der Waals surface area contributed by atoms with Gasteiger partial charge in [0.2, 0.25) is 15.9 Å². The number of hydrogen-bond acceptors (Lipinski definition) is 6. The number of carboxylic acids is 1. The monoisotopic (exact) mass is 479 g/mol. The minimum atomic E-state index is -5.08. The van der Waals surface area contributed by atoms with Crippen LogP contribution in [0, 0.1) is 17.8 Å². The van der Waals surface area contributed by atoms with Gasteiger partial charge in [0.05, 0.1) is 12.7 Å². The quantitative estimate of drug-likeness (QED) is 0.629. The molecule has 3 aliphatic rings. The molecule has 1 aromatic heterocycles. The van der Waals surface area contributed by atoms with Crippen LogP contribution in [-0.4, -0.2) is 73.2 Å². The average molecular weight is 479 g/mol. The van der Waals surface area contributed by atoms with Crippen LogP contribution in [0.2, 0.25) is 0 Å². The number of hydrogen-bond donors (Lipinski definition) is 2. The first-order chi connectivity index (χ1) is 15.0. The number of alkyl halides is 3. The topological polar surface area (TPSA) is 126 Å². The van der Waals surface area contributed by atoms with E-state index in [0.717, 1.165) is 12.8 Å². The van der Waals surface area contributed by atoms with Crippen molar-refractivity contribution in [3.63, 3.8) is 0 Å². The second-order valence-corrected chi connectivity index (χ2v) is 10.00. The third-order valence-corrected chi connectivity index (χ3v) is 7.47. The molecule has 32 heavy (non-hydrogen) atoms. The molecule has 0 aromatic carbocycles. The summed E-state index contributed by atoms with van der Waals surface area (Å²) in [5.41, 5.74) is 0. The lowest BCUT2D eigenvalue weighted by Gasteiger charge is -2.20. The summed E-state index contributed by atoms with van der Waals surface area (Å²) >= 11 is 0. The van der Waals surface area contributed by atoms with E-state index in [1.165, 1.54) is 10.5 Å². The van der Waals surface area contributed by atoms with Gasteiger partial charge in [0.15, 0.2) is 0 Å². The number of nitrogens with one attached hydrogen (secondary N) is 1. The minimum Gasteiger partial charge on any atom is -0.475 e. The first kappa shape index (κ1) is 24.4. The fourth-order valence-corrected chi connectivity index (χ4v) is 5.17. The van der Waals surface area contributed by atoms with Crippen molar-refractivity contribution >= 4 is 21.9 Å². The summed E-state index contributed by atoms with van der Waals surface area (Å²) in [6, 6.07) is 3.19. The van der Waals surface area contributed by atoms with Crippen molar-refractivity contribution in [2.45, 2.75) is 36.4 Å². The van der Waals surface area contributed by atoms with E-state index in [-0.39, 0.29) is 28.7 Å². The highest BCUT2D eigenvalue weighted by molar-refractivity contribution is 7.89. The smallest absolute Gasteiger partial charge is 0.475 e. The maximum absolute atomic E-state index is 12.7. The highest BCUT2D eigenvalue weighted by Crippen LogP contribution is 2.36. The van der Waals surface area contributed by atoms with Crippen molar-refractivity contribution in [3.8, 4) is 0 Å². The molecule has 3 fully saturated rings. The molecule has 2 aliphatic heterocycles. The summed E-state index contributed by atoms with van der Waals surface area (Å²) in [6.45, 7) is 1.95. The highest BCUT2D eigenvalue weighted by Gasteiger charge is 2.47. The normalized spacial score (nSPS) is 25.5. The molecule has 0 radical (unpaired) electrons. The number of aliphatic carboxylic acids is 1. The van der Waals surface area contributed by atoms with Crippen LogP contribution in [0.15, 0.2) is 29.4 Å². The van der Waals surface area contributed by atoms with Crippen molar-refractivity contribution in [2.24, 2.45) is 17.8 Å². The Bertz CT molecular complexity index is 924. The number of carbonyl (C=O) groups is 2. The molecule has 9 nitrogen and oxygen atoms in total. The van der Waals surface area contributed by atoms with E-state index in [4.69, 9.17) is 14.6 Å². The van der Waals surface area contributed by atoms with Crippen molar-refractivity contribution in [2.75, 3.05) is 26.2 Å². The highest BCUT2D eigenvalue weighted by atomic mass is 32.2. The van der Waals surface area contributed by atoms with Gasteiger partial charge in [-0.05, 0) is 30.9 Å². The Labute approximate surface area is 183 Å². The van der Waals surface area contributed by atoms with Crippen LogP contribution in [0.5, 0.6) is 0 Å². The number of fused-ring (bicyclic) bond motifs is 1. The number of halogens is 3. The lowest BCUT2D eigenvalue weighted by molar-refractivity contribution is -0.192. The standard InChI is InChI=1S/C17H23N3O4S.C2HF3O2/c21-17(6-12-3-4-12)19-7-13-11-24-16-10-20(9-15(13)16)25(22,23)14-2-1-5-18-8-14;3-2(4,5)1(6)7/h1-2,5,8,12-13,15-16H,3-4,6-7,9-11H2,(H,19,21);(H,6,7)/t13-,15+,16+;/m0./s1. The zero-order valence-electron chi connectivity index (χ0n) is 17.0. The summed E-state index contributed by atoms with van der Waals surface area (Å²) < 4.78 is 64.5. The third-order valence-electron chi connectivity index (χ3n) is 5.65. The summed E-state index contributed by atoms with van der Waals surface area (Å²) in [5.74, 6) is -1.79. The van der Waals surface area contributed by atoms with Crippen molar-refractivity contribution < 1.29 is 41.0 Å². The molecule has 178 valence electrons. The molecule has 0 spiro atoms. The van der Waals surface area contributed by atoms with Crippen LogP contribution < -0.4 is 5.32 Å². The van der Waals surface area contributed by atoms with E-state index in [9.17, 15) is 26.4 Å². The summed E-state index contributed by atoms with van der Waals surface area (Å²) in [4.78, 5) is 24.9. The van der Waals surface area contributed by atoms with E-state index < -0.39 is 22.2 Å². The van der Waals surface area contributed by atoms with Gasteiger partial charge in [-0.15, -0.1) is 0 Å². The molecule has 0 unspecified atom stereocenters. The first-order valence-electron chi connectivity index (χ1n) is 10.1. The SMILES string of the molecule is O=C(CC1CC1)NC[C@H]1CO[C@@H]2CN(S(=O)(=O)c3cccnc3)C[C@H]12.O=C(O)C(F)(F)F. The van der Waals surface area contributed by atoms with Gasteiger partial charge in [0.1, 0.15) is 4.90 Å². The van der Waals surface area contributed by atoms with E-state index in [0.29, 0.717) is 38.6 Å². The van der Waals surface area contributed by atoms with Crippen LogP contribution in [0.3, 0.4) is 0 Å². The first-order valence-corrected chi connectivity index (χ1v) is 11.5. The van der Waals surface area contributed by atoms with Gasteiger partial charge in [0.25, 0.3) is 0 Å². The average Bonchev–Trinajstić information content (AvgIpc) is 3.29. The molecule has 2 N–H and O–H groups in total. The number of sulfonamides is 1. The van der Waals surface area contributed by atoms with Crippen LogP contribution in [0.25, 0.3) is 0 Å². The number of rotatable bonds is 6. The predicted molar refractivity (Wildman–Crippen MR) is 104 cm³/mol. The Morgan fingerprint density at radius 2 is 1.97 bits per heavy atom. The van der Waals surface area contributed by atoms with Crippen molar-refractivity contribution in [1.29, 1.82) is 0 Å². The molecule has 1 amide bonds. The van der Waals surface area contributed by atoms with Gasteiger partial charge in [-0.2, -0.15) is 17.5 Å². The zero-order valence-corrected chi connectivity index (χ0v) is 17.8. The Balaban J connectivity index is 0.000000360. The largest absolute Gasteiger partial charge is 0.490 e. The molecule has 3 heterocycles. The number of carboxylic acid groups (broad SMARTS) is 1. The lowest BCUT2D eigenvalue weighted by atomic mass is 9.93. The zero-order chi connectivity index (χ0) is 23.5. The van der Waals surface area contributed by atoms with Crippen LogP contribution in [0.1, 0.15) is 19.3 Å². The molecule has 1 aliphatic carbocycles. The Hall–Kier alpha value is -2.25. The number of nitrogens with zero attached hydrogens (tertiary/aromatic N) is 2. The molecular formula is C19H24F3N3O6S. The van der Waals surface area contributed by atoms with Crippen LogP contribution in [-0.2, 0) is 24.3 Å². The van der Waals surface area contributed by atoms with E-state index in [1.54, 1.807) is 18.3 Å². The second-order valence-electron chi connectivity index (χ2n) is 8.06. The van der Waals surface area contributed by atoms with Gasteiger partial charge in [0, 0.05) is 50.3 Å². The maximum atomic E-state index is 12.7. The summed E-state index contributed by atoms with van der Waals surface area (Å²) in [6.07, 6.45) is 0.693. The van der Waals surface area contributed by atoms with Crippen LogP contribution >= 0.6 is 0 Å².